The van der Waals surface area contributed by atoms with E-state index in [-0.39, 0.29) is 23.8 Å². The second-order valence-electron chi connectivity index (χ2n) is 5.17. The monoisotopic (exact) mass is 337 g/mol. The van der Waals surface area contributed by atoms with Crippen molar-refractivity contribution in [1.29, 1.82) is 0 Å². The van der Waals surface area contributed by atoms with Crippen LogP contribution in [0.5, 0.6) is 5.75 Å². The van der Waals surface area contributed by atoms with Gasteiger partial charge in [-0.3, -0.25) is 19.7 Å². The zero-order valence-corrected chi connectivity index (χ0v) is 13.5. The maximum absolute atomic E-state index is 12.2. The molecule has 0 aromatic heterocycles. The Labute approximate surface area is 138 Å². The molecule has 1 aromatic carbocycles. The largest absolute Gasteiger partial charge is 0.494 e. The molecule has 0 spiro atoms. The summed E-state index contributed by atoms with van der Waals surface area (Å²) in [6.07, 6.45) is -0.946. The number of nitro groups is 1. The first-order chi connectivity index (χ1) is 11.5. The van der Waals surface area contributed by atoms with E-state index in [2.05, 4.69) is 5.32 Å². The van der Waals surface area contributed by atoms with Crippen molar-refractivity contribution in [2.45, 2.75) is 19.4 Å². The van der Waals surface area contributed by atoms with E-state index in [1.807, 2.05) is 6.92 Å². The number of benzene rings is 1. The Balaban J connectivity index is 2.04. The molecule has 1 saturated heterocycles. The predicted molar refractivity (Wildman–Crippen MR) is 84.9 cm³/mol. The molecule has 2 rings (SSSR count). The number of ether oxygens (including phenoxy) is 2. The van der Waals surface area contributed by atoms with Crippen molar-refractivity contribution < 1.29 is 24.0 Å². The maximum atomic E-state index is 12.2. The lowest BCUT2D eigenvalue weighted by Crippen LogP contribution is -2.48. The molecule has 130 valence electrons. The number of morpholine rings is 1. The molecule has 1 N–H and O–H groups in total. The highest BCUT2D eigenvalue weighted by Gasteiger charge is 2.30. The fourth-order valence-corrected chi connectivity index (χ4v) is 2.42. The van der Waals surface area contributed by atoms with Crippen molar-refractivity contribution in [3.63, 3.8) is 0 Å². The predicted octanol–water partition coefficient (Wildman–Crippen LogP) is 1.18. The van der Waals surface area contributed by atoms with Gasteiger partial charge >= 0.3 is 0 Å². The van der Waals surface area contributed by atoms with E-state index in [0.717, 1.165) is 0 Å². The molecule has 0 unspecified atom stereocenters. The normalized spacial score (nSPS) is 17.5. The Morgan fingerprint density at radius 1 is 1.54 bits per heavy atom. The van der Waals surface area contributed by atoms with Gasteiger partial charge in [0, 0.05) is 19.2 Å². The lowest BCUT2D eigenvalue weighted by Gasteiger charge is -2.31. The fraction of sp³-hybridized carbons (Fsp3) is 0.467. The lowest BCUT2D eigenvalue weighted by atomic mass is 10.1. The van der Waals surface area contributed by atoms with Gasteiger partial charge in [-0.05, 0) is 13.0 Å². The van der Waals surface area contributed by atoms with Crippen molar-refractivity contribution in [2.24, 2.45) is 0 Å². The van der Waals surface area contributed by atoms with Crippen LogP contribution in [-0.2, 0) is 14.3 Å². The van der Waals surface area contributed by atoms with Crippen molar-refractivity contribution in [2.75, 3.05) is 32.1 Å². The molecular weight excluding hydrogens is 318 g/mol. The van der Waals surface area contributed by atoms with E-state index in [1.54, 1.807) is 4.90 Å². The summed E-state index contributed by atoms with van der Waals surface area (Å²) < 4.78 is 10.4. The van der Waals surface area contributed by atoms with Gasteiger partial charge in [-0.2, -0.15) is 0 Å². The number of carbonyl (C=O) groups is 2. The maximum Gasteiger partial charge on any atom is 0.273 e. The molecule has 9 nitrogen and oxygen atoms in total. The van der Waals surface area contributed by atoms with Gasteiger partial charge in [0.2, 0.25) is 5.91 Å². The van der Waals surface area contributed by atoms with E-state index in [9.17, 15) is 19.7 Å². The van der Waals surface area contributed by atoms with Crippen LogP contribution in [0.4, 0.5) is 11.4 Å². The van der Waals surface area contributed by atoms with Gasteiger partial charge in [0.05, 0.1) is 36.8 Å². The van der Waals surface area contributed by atoms with Gasteiger partial charge < -0.3 is 19.7 Å². The molecule has 1 aromatic rings. The summed E-state index contributed by atoms with van der Waals surface area (Å²) in [6.45, 7) is 3.33. The second-order valence-corrected chi connectivity index (χ2v) is 5.17. The number of nitrogens with zero attached hydrogens (tertiary/aromatic N) is 2. The molecule has 1 atom stereocenters. The van der Waals surface area contributed by atoms with Crippen molar-refractivity contribution in [3.8, 4) is 5.75 Å². The van der Waals surface area contributed by atoms with Crippen LogP contribution in [0.15, 0.2) is 18.2 Å². The van der Waals surface area contributed by atoms with Crippen LogP contribution >= 0.6 is 0 Å². The minimum absolute atomic E-state index is 0.129. The highest BCUT2D eigenvalue weighted by atomic mass is 16.6. The van der Waals surface area contributed by atoms with E-state index in [4.69, 9.17) is 9.47 Å². The Morgan fingerprint density at radius 3 is 2.92 bits per heavy atom. The summed E-state index contributed by atoms with van der Waals surface area (Å²) in [5.41, 5.74) is 0.151. The fourth-order valence-electron chi connectivity index (χ4n) is 2.42. The van der Waals surface area contributed by atoms with E-state index < -0.39 is 16.9 Å². The summed E-state index contributed by atoms with van der Waals surface area (Å²) in [5.74, 6) is -0.475. The number of likely N-dealkylation sites (N-methyl/N-ethyl adjacent to an activating group) is 1. The average Bonchev–Trinajstić information content (AvgIpc) is 2.56. The van der Waals surface area contributed by atoms with Crippen LogP contribution < -0.4 is 10.1 Å². The first kappa shape index (κ1) is 17.7. The molecule has 0 bridgehead atoms. The number of hydrogen-bond acceptors (Lipinski definition) is 6. The second kappa shape index (κ2) is 7.73. The van der Waals surface area contributed by atoms with Gasteiger partial charge in [0.1, 0.15) is 11.9 Å². The van der Waals surface area contributed by atoms with Crippen molar-refractivity contribution in [3.05, 3.63) is 28.3 Å². The molecule has 2 amide bonds. The summed E-state index contributed by atoms with van der Waals surface area (Å²) >= 11 is 0. The average molecular weight is 337 g/mol. The van der Waals surface area contributed by atoms with E-state index in [1.165, 1.54) is 25.3 Å². The molecule has 0 aliphatic carbocycles. The Morgan fingerprint density at radius 2 is 2.29 bits per heavy atom. The first-order valence-corrected chi connectivity index (χ1v) is 7.49. The molecule has 1 fully saturated rings. The van der Waals surface area contributed by atoms with Gasteiger partial charge in [-0.25, -0.2) is 0 Å². The van der Waals surface area contributed by atoms with Gasteiger partial charge in [-0.1, -0.05) is 0 Å². The summed E-state index contributed by atoms with van der Waals surface area (Å²) in [4.78, 5) is 36.1. The number of hydrogen-bond donors (Lipinski definition) is 1. The lowest BCUT2D eigenvalue weighted by molar-refractivity contribution is -0.384. The number of methoxy groups -OCH3 is 1. The molecular formula is C15H19N3O6. The summed E-state index contributed by atoms with van der Waals surface area (Å²) in [6, 6.07) is 3.87. The third kappa shape index (κ3) is 3.99. The van der Waals surface area contributed by atoms with Crippen LogP contribution in [-0.4, -0.2) is 54.5 Å². The molecule has 24 heavy (non-hydrogen) atoms. The van der Waals surface area contributed by atoms with E-state index in [0.29, 0.717) is 25.4 Å². The standard InChI is InChI=1S/C15H19N3O6/c1-3-17-6-7-24-13(15(17)20)9-14(19)16-11-5-4-10(18(21)22)8-12(11)23-2/h4-5,8,13H,3,6-7,9H2,1-2H3,(H,16,19)/t13-/m0/s1. The Bertz CT molecular complexity index is 648. The van der Waals surface area contributed by atoms with Crippen molar-refractivity contribution in [1.82, 2.24) is 4.90 Å². The number of anilines is 1. The highest BCUT2D eigenvalue weighted by molar-refractivity contribution is 5.96. The Kier molecular flexibility index (Phi) is 5.69. The SMILES string of the molecule is CCN1CCO[C@@H](CC(=O)Nc2ccc([N+](=O)[O-])cc2OC)C1=O. The zero-order valence-electron chi connectivity index (χ0n) is 13.5. The quantitative estimate of drug-likeness (QED) is 0.616. The third-order valence-electron chi connectivity index (χ3n) is 3.69. The third-order valence-corrected chi connectivity index (χ3v) is 3.69. The summed E-state index contributed by atoms with van der Waals surface area (Å²) in [5, 5.41) is 13.4. The van der Waals surface area contributed by atoms with Crippen LogP contribution in [0.25, 0.3) is 0 Å². The van der Waals surface area contributed by atoms with Crippen LogP contribution in [0.1, 0.15) is 13.3 Å². The number of non-ortho nitro benzene ring substituents is 1. The number of carbonyl (C=O) groups excluding carboxylic acids is 2. The number of nitro benzene ring substituents is 1. The summed E-state index contributed by atoms with van der Waals surface area (Å²) in [7, 11) is 1.35. The van der Waals surface area contributed by atoms with Crippen LogP contribution in [0.3, 0.4) is 0 Å². The minimum atomic E-state index is -0.817. The smallest absolute Gasteiger partial charge is 0.273 e. The van der Waals surface area contributed by atoms with Gasteiger partial charge in [0.15, 0.2) is 0 Å². The number of amides is 2. The zero-order chi connectivity index (χ0) is 17.7. The Hall–Kier alpha value is -2.68. The number of rotatable bonds is 6. The molecule has 1 aliphatic heterocycles. The minimum Gasteiger partial charge on any atom is -0.494 e. The molecule has 1 aliphatic rings. The molecule has 0 saturated carbocycles. The van der Waals surface area contributed by atoms with Gasteiger partial charge in [-0.15, -0.1) is 0 Å². The van der Waals surface area contributed by atoms with Crippen LogP contribution in [0, 0.1) is 10.1 Å². The highest BCUT2D eigenvalue weighted by Crippen LogP contribution is 2.29. The number of nitrogens with one attached hydrogen (secondary N) is 1. The first-order valence-electron chi connectivity index (χ1n) is 7.49. The van der Waals surface area contributed by atoms with E-state index >= 15 is 0 Å². The van der Waals surface area contributed by atoms with Gasteiger partial charge in [0.25, 0.3) is 11.6 Å². The van der Waals surface area contributed by atoms with Crippen molar-refractivity contribution >= 4 is 23.2 Å². The van der Waals surface area contributed by atoms with Crippen LogP contribution in [0.2, 0.25) is 0 Å². The molecule has 9 heteroatoms. The molecule has 0 radical (unpaired) electrons. The topological polar surface area (TPSA) is 111 Å². The molecule has 1 heterocycles.